The molecule has 15 heavy (non-hydrogen) atoms. The molecular weight excluding hydrogens is 217 g/mol. The second-order valence-corrected chi connectivity index (χ2v) is 5.52. The van der Waals surface area contributed by atoms with Gasteiger partial charge in [-0.05, 0) is 18.2 Å². The minimum Gasteiger partial charge on any atom is -0.309 e. The van der Waals surface area contributed by atoms with Gasteiger partial charge in [-0.15, -0.1) is 0 Å². The molecule has 0 aliphatic carbocycles. The Morgan fingerprint density at radius 2 is 2.27 bits per heavy atom. The molecule has 0 spiro atoms. The van der Waals surface area contributed by atoms with E-state index in [-0.39, 0.29) is 16.7 Å². The molecule has 0 saturated heterocycles. The standard InChI is InChI=1S/C10H12FNO2S/c1-2-12-9-6-15(13,14)10-7(9)4-3-5-8(10)11/h3-5,9,12H,2,6H2,1H3. The van der Waals surface area contributed by atoms with E-state index < -0.39 is 15.7 Å². The number of nitrogens with one attached hydrogen (secondary N) is 1. The highest BCUT2D eigenvalue weighted by Gasteiger charge is 2.36. The van der Waals surface area contributed by atoms with Crippen LogP contribution in [0.3, 0.4) is 0 Å². The van der Waals surface area contributed by atoms with Crippen molar-refractivity contribution in [3.8, 4) is 0 Å². The van der Waals surface area contributed by atoms with Crippen molar-refractivity contribution in [3.05, 3.63) is 29.6 Å². The quantitative estimate of drug-likeness (QED) is 0.830. The summed E-state index contributed by atoms with van der Waals surface area (Å²) >= 11 is 0. The van der Waals surface area contributed by atoms with Crippen LogP contribution in [0, 0.1) is 5.82 Å². The zero-order valence-corrected chi connectivity index (χ0v) is 9.14. The molecular formula is C10H12FNO2S. The van der Waals surface area contributed by atoms with Crippen LogP contribution in [-0.2, 0) is 9.84 Å². The van der Waals surface area contributed by atoms with Crippen molar-refractivity contribution in [2.45, 2.75) is 17.9 Å². The van der Waals surface area contributed by atoms with E-state index in [1.807, 2.05) is 6.92 Å². The molecule has 0 bridgehead atoms. The summed E-state index contributed by atoms with van der Waals surface area (Å²) < 4.78 is 36.8. The summed E-state index contributed by atoms with van der Waals surface area (Å²) in [5, 5.41) is 3.04. The van der Waals surface area contributed by atoms with E-state index in [1.165, 1.54) is 6.07 Å². The van der Waals surface area contributed by atoms with E-state index in [1.54, 1.807) is 12.1 Å². The largest absolute Gasteiger partial charge is 0.309 e. The molecule has 1 unspecified atom stereocenters. The first kappa shape index (κ1) is 10.6. The van der Waals surface area contributed by atoms with Crippen LogP contribution < -0.4 is 5.32 Å². The van der Waals surface area contributed by atoms with Crippen molar-refractivity contribution >= 4 is 9.84 Å². The molecule has 1 atom stereocenters. The fraction of sp³-hybridized carbons (Fsp3) is 0.400. The smallest absolute Gasteiger partial charge is 0.183 e. The maximum atomic E-state index is 13.4. The van der Waals surface area contributed by atoms with Gasteiger partial charge in [0, 0.05) is 6.04 Å². The second kappa shape index (κ2) is 3.57. The molecule has 1 aromatic rings. The first-order valence-corrected chi connectivity index (χ1v) is 6.46. The van der Waals surface area contributed by atoms with Gasteiger partial charge in [-0.1, -0.05) is 19.1 Å². The molecule has 0 saturated carbocycles. The van der Waals surface area contributed by atoms with Crippen LogP contribution in [-0.4, -0.2) is 20.7 Å². The predicted molar refractivity (Wildman–Crippen MR) is 54.9 cm³/mol. The average molecular weight is 229 g/mol. The zero-order chi connectivity index (χ0) is 11.1. The second-order valence-electron chi connectivity index (χ2n) is 3.55. The van der Waals surface area contributed by atoms with E-state index in [2.05, 4.69) is 5.32 Å². The number of halogens is 1. The molecule has 0 radical (unpaired) electrons. The number of hydrogen-bond acceptors (Lipinski definition) is 3. The Morgan fingerprint density at radius 1 is 1.53 bits per heavy atom. The Morgan fingerprint density at radius 3 is 2.93 bits per heavy atom. The Balaban J connectivity index is 2.58. The normalized spacial score (nSPS) is 22.7. The Labute approximate surface area is 88.2 Å². The van der Waals surface area contributed by atoms with E-state index in [0.717, 1.165) is 0 Å². The van der Waals surface area contributed by atoms with Crippen molar-refractivity contribution in [3.63, 3.8) is 0 Å². The summed E-state index contributed by atoms with van der Waals surface area (Å²) in [6.07, 6.45) is 0. The average Bonchev–Trinajstić information content (AvgIpc) is 2.40. The summed E-state index contributed by atoms with van der Waals surface area (Å²) in [7, 11) is -3.45. The van der Waals surface area contributed by atoms with Crippen molar-refractivity contribution in [1.82, 2.24) is 5.32 Å². The van der Waals surface area contributed by atoms with Crippen LogP contribution in [0.25, 0.3) is 0 Å². The minimum atomic E-state index is -3.45. The van der Waals surface area contributed by atoms with Crippen molar-refractivity contribution < 1.29 is 12.8 Å². The summed E-state index contributed by atoms with van der Waals surface area (Å²) in [5.41, 5.74) is 0.553. The molecule has 0 fully saturated rings. The molecule has 2 rings (SSSR count). The van der Waals surface area contributed by atoms with Gasteiger partial charge in [0.25, 0.3) is 0 Å². The summed E-state index contributed by atoms with van der Waals surface area (Å²) in [5.74, 6) is -0.690. The van der Waals surface area contributed by atoms with E-state index >= 15 is 0 Å². The highest BCUT2D eigenvalue weighted by atomic mass is 32.2. The molecule has 0 aromatic heterocycles. The number of rotatable bonds is 2. The summed E-state index contributed by atoms with van der Waals surface area (Å²) in [6, 6.07) is 4.12. The number of hydrogen-bond donors (Lipinski definition) is 1. The zero-order valence-electron chi connectivity index (χ0n) is 8.33. The van der Waals surface area contributed by atoms with Gasteiger partial charge in [0.2, 0.25) is 0 Å². The molecule has 5 heteroatoms. The predicted octanol–water partition coefficient (Wildman–Crippen LogP) is 1.26. The van der Waals surface area contributed by atoms with Crippen molar-refractivity contribution in [2.24, 2.45) is 0 Å². The maximum absolute atomic E-state index is 13.4. The van der Waals surface area contributed by atoms with Crippen molar-refractivity contribution in [2.75, 3.05) is 12.3 Å². The third kappa shape index (κ3) is 1.66. The van der Waals surface area contributed by atoms with Crippen LogP contribution in [0.2, 0.25) is 0 Å². The van der Waals surface area contributed by atoms with Gasteiger partial charge in [0.1, 0.15) is 10.7 Å². The van der Waals surface area contributed by atoms with Gasteiger partial charge in [-0.25, -0.2) is 12.8 Å². The maximum Gasteiger partial charge on any atom is 0.183 e. The lowest BCUT2D eigenvalue weighted by Gasteiger charge is -2.09. The lowest BCUT2D eigenvalue weighted by Crippen LogP contribution is -2.22. The molecule has 1 aliphatic heterocycles. The Bertz CT molecular complexity index is 484. The monoisotopic (exact) mass is 229 g/mol. The molecule has 82 valence electrons. The molecule has 1 aliphatic rings. The lowest BCUT2D eigenvalue weighted by molar-refractivity contribution is 0.571. The fourth-order valence-electron chi connectivity index (χ4n) is 1.94. The summed E-state index contributed by atoms with van der Waals surface area (Å²) in [6.45, 7) is 2.56. The van der Waals surface area contributed by atoms with E-state index in [9.17, 15) is 12.8 Å². The highest BCUT2D eigenvalue weighted by Crippen LogP contribution is 2.34. The molecule has 1 aromatic carbocycles. The third-order valence-electron chi connectivity index (χ3n) is 2.52. The Kier molecular flexibility index (Phi) is 2.52. The topological polar surface area (TPSA) is 46.2 Å². The van der Waals surface area contributed by atoms with E-state index in [4.69, 9.17) is 0 Å². The minimum absolute atomic E-state index is 0.0445. The number of benzene rings is 1. The first-order valence-electron chi connectivity index (χ1n) is 4.81. The molecule has 0 amide bonds. The van der Waals surface area contributed by atoms with Gasteiger partial charge in [-0.2, -0.15) is 0 Å². The van der Waals surface area contributed by atoms with E-state index in [0.29, 0.717) is 12.1 Å². The van der Waals surface area contributed by atoms with Crippen LogP contribution >= 0.6 is 0 Å². The van der Waals surface area contributed by atoms with Crippen LogP contribution in [0.5, 0.6) is 0 Å². The van der Waals surface area contributed by atoms with Gasteiger partial charge in [0.05, 0.1) is 5.75 Å². The van der Waals surface area contributed by atoms with Gasteiger partial charge in [0.15, 0.2) is 9.84 Å². The third-order valence-corrected chi connectivity index (χ3v) is 4.35. The number of sulfone groups is 1. The first-order chi connectivity index (χ1) is 7.06. The Hall–Kier alpha value is -0.940. The SMILES string of the molecule is CCNC1CS(=O)(=O)c2c(F)cccc21. The summed E-state index contributed by atoms with van der Waals surface area (Å²) in [4.78, 5) is -0.129. The molecule has 1 N–H and O–H groups in total. The van der Waals surface area contributed by atoms with Crippen LogP contribution in [0.1, 0.15) is 18.5 Å². The van der Waals surface area contributed by atoms with Crippen LogP contribution in [0.15, 0.2) is 23.1 Å². The number of fused-ring (bicyclic) bond motifs is 1. The highest BCUT2D eigenvalue weighted by molar-refractivity contribution is 7.91. The van der Waals surface area contributed by atoms with Crippen molar-refractivity contribution in [1.29, 1.82) is 0 Å². The van der Waals surface area contributed by atoms with Gasteiger partial charge in [-0.3, -0.25) is 0 Å². The fourth-order valence-corrected chi connectivity index (χ4v) is 3.77. The van der Waals surface area contributed by atoms with Crippen LogP contribution in [0.4, 0.5) is 4.39 Å². The van der Waals surface area contributed by atoms with Gasteiger partial charge < -0.3 is 5.32 Å². The molecule has 1 heterocycles. The molecule has 3 nitrogen and oxygen atoms in total. The lowest BCUT2D eigenvalue weighted by atomic mass is 10.1. The van der Waals surface area contributed by atoms with Gasteiger partial charge >= 0.3 is 0 Å².